The summed E-state index contributed by atoms with van der Waals surface area (Å²) in [6.45, 7) is 4.25. The van der Waals surface area contributed by atoms with Crippen LogP contribution in [-0.4, -0.2) is 11.6 Å². The van der Waals surface area contributed by atoms with Gasteiger partial charge in [-0.25, -0.2) is 0 Å². The number of aryl methyl sites for hydroxylation is 1. The zero-order chi connectivity index (χ0) is 19.9. The van der Waals surface area contributed by atoms with E-state index in [1.165, 1.54) is 16.7 Å². The molecule has 1 unspecified atom stereocenters. The van der Waals surface area contributed by atoms with Crippen LogP contribution in [0.1, 0.15) is 56.6 Å². The molecule has 1 aromatic carbocycles. The lowest BCUT2D eigenvalue weighted by atomic mass is 9.87. The van der Waals surface area contributed by atoms with E-state index in [0.29, 0.717) is 31.0 Å². The van der Waals surface area contributed by atoms with Crippen LogP contribution in [0.3, 0.4) is 0 Å². The fourth-order valence-electron chi connectivity index (χ4n) is 4.10. The second-order valence-corrected chi connectivity index (χ2v) is 7.89. The molecule has 28 heavy (non-hydrogen) atoms. The highest BCUT2D eigenvalue weighted by Crippen LogP contribution is 2.35. The first kappa shape index (κ1) is 20.3. The molecule has 146 valence electrons. The maximum atomic E-state index is 12.4. The third-order valence-corrected chi connectivity index (χ3v) is 5.80. The van der Waals surface area contributed by atoms with E-state index < -0.39 is 0 Å². The normalized spacial score (nSPS) is 18.1. The van der Waals surface area contributed by atoms with Crippen LogP contribution in [0.2, 0.25) is 0 Å². The van der Waals surface area contributed by atoms with Crippen molar-refractivity contribution in [1.29, 1.82) is 0 Å². The molecule has 0 heterocycles. The molecule has 0 radical (unpaired) electrons. The molecular weight excluding hydrogens is 344 g/mol. The minimum absolute atomic E-state index is 0.266. The van der Waals surface area contributed by atoms with Crippen LogP contribution in [-0.2, 0) is 16.0 Å². The summed E-state index contributed by atoms with van der Waals surface area (Å²) in [5.41, 5.74) is 5.95. The summed E-state index contributed by atoms with van der Waals surface area (Å²) in [5.74, 6) is 0.960. The third kappa shape index (κ3) is 5.28. The Balaban J connectivity index is 1.45. The molecule has 0 saturated heterocycles. The summed E-state index contributed by atoms with van der Waals surface area (Å²) in [4.78, 5) is 24.7. The molecular formula is C26H30O2. The van der Waals surface area contributed by atoms with Gasteiger partial charge in [-0.1, -0.05) is 78.3 Å². The summed E-state index contributed by atoms with van der Waals surface area (Å²) < 4.78 is 0. The Morgan fingerprint density at radius 2 is 1.64 bits per heavy atom. The molecule has 3 rings (SSSR count). The van der Waals surface area contributed by atoms with E-state index in [4.69, 9.17) is 0 Å². The standard InChI is InChI=1S/C26H30O2/c1-3-25-21(14-16-24(27)18-20-10-8-19(2)9-11-20)12-13-22(25)15-17-26(28)23-6-4-5-7-23/h4-6,8-13,25H,3,7,14-18H2,1-2H3. The number of benzene rings is 1. The Morgan fingerprint density at radius 1 is 0.964 bits per heavy atom. The summed E-state index contributed by atoms with van der Waals surface area (Å²) in [6.07, 6.45) is 15.5. The van der Waals surface area contributed by atoms with Crippen LogP contribution in [0.5, 0.6) is 0 Å². The van der Waals surface area contributed by atoms with Gasteiger partial charge in [0.05, 0.1) is 0 Å². The molecule has 2 aliphatic rings. The molecule has 0 amide bonds. The highest BCUT2D eigenvalue weighted by molar-refractivity contribution is 5.96. The van der Waals surface area contributed by atoms with E-state index in [1.54, 1.807) is 0 Å². The van der Waals surface area contributed by atoms with Crippen LogP contribution in [0.15, 0.2) is 71.4 Å². The van der Waals surface area contributed by atoms with Gasteiger partial charge in [0, 0.05) is 25.2 Å². The number of rotatable bonds is 10. The molecule has 2 nitrogen and oxygen atoms in total. The Morgan fingerprint density at radius 3 is 2.25 bits per heavy atom. The van der Waals surface area contributed by atoms with Gasteiger partial charge < -0.3 is 0 Å². The molecule has 2 aliphatic carbocycles. The predicted molar refractivity (Wildman–Crippen MR) is 115 cm³/mol. The van der Waals surface area contributed by atoms with Crippen molar-refractivity contribution < 1.29 is 9.59 Å². The van der Waals surface area contributed by atoms with Gasteiger partial charge in [0.15, 0.2) is 5.78 Å². The van der Waals surface area contributed by atoms with Crippen molar-refractivity contribution in [3.05, 3.63) is 82.5 Å². The van der Waals surface area contributed by atoms with Crippen molar-refractivity contribution in [3.63, 3.8) is 0 Å². The SMILES string of the molecule is CCC1C(CCC(=O)Cc2ccc(C)cc2)=CC=C1CCC(=O)C1=CC=CC1. The maximum Gasteiger partial charge on any atom is 0.159 e. The van der Waals surface area contributed by atoms with E-state index in [9.17, 15) is 9.59 Å². The van der Waals surface area contributed by atoms with Gasteiger partial charge in [0.1, 0.15) is 5.78 Å². The summed E-state index contributed by atoms with van der Waals surface area (Å²) in [7, 11) is 0. The maximum absolute atomic E-state index is 12.4. The molecule has 2 heteroatoms. The minimum Gasteiger partial charge on any atom is -0.299 e. The Labute approximate surface area is 168 Å². The van der Waals surface area contributed by atoms with E-state index in [-0.39, 0.29) is 5.78 Å². The first-order valence-corrected chi connectivity index (χ1v) is 10.4. The van der Waals surface area contributed by atoms with Gasteiger partial charge in [-0.3, -0.25) is 9.59 Å². The molecule has 0 aliphatic heterocycles. The van der Waals surface area contributed by atoms with Gasteiger partial charge in [0.25, 0.3) is 0 Å². The number of carbonyl (C=O) groups is 2. The van der Waals surface area contributed by atoms with Gasteiger partial charge in [-0.15, -0.1) is 0 Å². The molecule has 1 aromatic rings. The highest BCUT2D eigenvalue weighted by Gasteiger charge is 2.23. The van der Waals surface area contributed by atoms with Crippen molar-refractivity contribution in [1.82, 2.24) is 0 Å². The minimum atomic E-state index is 0.266. The van der Waals surface area contributed by atoms with Crippen molar-refractivity contribution in [2.45, 2.75) is 58.8 Å². The average Bonchev–Trinajstić information content (AvgIpc) is 3.36. The zero-order valence-electron chi connectivity index (χ0n) is 17.0. The summed E-state index contributed by atoms with van der Waals surface area (Å²) in [5, 5.41) is 0. The fourth-order valence-corrected chi connectivity index (χ4v) is 4.10. The number of hydrogen-bond acceptors (Lipinski definition) is 2. The second-order valence-electron chi connectivity index (χ2n) is 7.89. The average molecular weight is 375 g/mol. The monoisotopic (exact) mass is 374 g/mol. The van der Waals surface area contributed by atoms with Gasteiger partial charge >= 0.3 is 0 Å². The Kier molecular flexibility index (Phi) is 6.97. The van der Waals surface area contributed by atoms with Gasteiger partial charge in [-0.05, 0) is 43.7 Å². The topological polar surface area (TPSA) is 34.1 Å². The quantitative estimate of drug-likeness (QED) is 0.502. The van der Waals surface area contributed by atoms with Crippen LogP contribution >= 0.6 is 0 Å². The number of hydrogen-bond donors (Lipinski definition) is 0. The molecule has 0 fully saturated rings. The van der Waals surface area contributed by atoms with E-state index in [0.717, 1.165) is 36.8 Å². The lowest BCUT2D eigenvalue weighted by Crippen LogP contribution is -2.09. The van der Waals surface area contributed by atoms with E-state index in [2.05, 4.69) is 38.1 Å². The smallest absolute Gasteiger partial charge is 0.159 e. The van der Waals surface area contributed by atoms with Crippen molar-refractivity contribution in [3.8, 4) is 0 Å². The molecule has 0 aromatic heterocycles. The van der Waals surface area contributed by atoms with Crippen LogP contribution in [0.4, 0.5) is 0 Å². The van der Waals surface area contributed by atoms with E-state index >= 15 is 0 Å². The Bertz CT molecular complexity index is 847. The Hall–Kier alpha value is -2.48. The van der Waals surface area contributed by atoms with Crippen LogP contribution < -0.4 is 0 Å². The molecule has 0 bridgehead atoms. The number of carbonyl (C=O) groups excluding carboxylic acids is 2. The van der Waals surface area contributed by atoms with Crippen LogP contribution in [0, 0.1) is 12.8 Å². The van der Waals surface area contributed by atoms with Gasteiger partial charge in [-0.2, -0.15) is 0 Å². The first-order valence-electron chi connectivity index (χ1n) is 10.4. The summed E-state index contributed by atoms with van der Waals surface area (Å²) >= 11 is 0. The van der Waals surface area contributed by atoms with E-state index in [1.807, 2.05) is 30.4 Å². The number of Topliss-reactive ketones (excluding diaryl/α,β-unsaturated/α-hetero) is 2. The van der Waals surface area contributed by atoms with Crippen molar-refractivity contribution in [2.24, 2.45) is 5.92 Å². The van der Waals surface area contributed by atoms with Crippen molar-refractivity contribution in [2.75, 3.05) is 0 Å². The molecule has 0 spiro atoms. The number of allylic oxidation sites excluding steroid dienone is 8. The van der Waals surface area contributed by atoms with Crippen LogP contribution in [0.25, 0.3) is 0 Å². The zero-order valence-corrected chi connectivity index (χ0v) is 17.0. The lowest BCUT2D eigenvalue weighted by Gasteiger charge is -2.18. The van der Waals surface area contributed by atoms with Crippen molar-refractivity contribution >= 4 is 11.6 Å². The largest absolute Gasteiger partial charge is 0.299 e. The number of ketones is 2. The third-order valence-electron chi connectivity index (χ3n) is 5.80. The fraction of sp³-hybridized carbons (Fsp3) is 0.385. The summed E-state index contributed by atoms with van der Waals surface area (Å²) in [6, 6.07) is 8.21. The molecule has 0 saturated carbocycles. The lowest BCUT2D eigenvalue weighted by molar-refractivity contribution is -0.118. The highest BCUT2D eigenvalue weighted by atomic mass is 16.1. The first-order chi connectivity index (χ1) is 13.6. The molecule has 1 atom stereocenters. The molecule has 0 N–H and O–H groups in total. The van der Waals surface area contributed by atoms with Gasteiger partial charge in [0.2, 0.25) is 0 Å². The predicted octanol–water partition coefficient (Wildman–Crippen LogP) is 6.02. The second kappa shape index (κ2) is 9.64.